The van der Waals surface area contributed by atoms with Gasteiger partial charge in [0.1, 0.15) is 5.82 Å². The molecule has 0 amide bonds. The summed E-state index contributed by atoms with van der Waals surface area (Å²) in [6.07, 6.45) is 2.49. The highest BCUT2D eigenvalue weighted by atomic mass is 35.5. The van der Waals surface area contributed by atoms with Gasteiger partial charge in [0, 0.05) is 17.5 Å². The Labute approximate surface area is 220 Å². The molecule has 38 heavy (non-hydrogen) atoms. The number of oxazole rings is 1. The number of hydrogen-bond acceptors (Lipinski definition) is 6. The zero-order valence-corrected chi connectivity index (χ0v) is 21.9. The Morgan fingerprint density at radius 3 is 2.24 bits per heavy atom. The molecule has 14 heteroatoms. The number of hydrogen-bond donors (Lipinski definition) is 2. The second-order valence-electron chi connectivity index (χ2n) is 8.27. The average Bonchev–Trinajstić information content (AvgIpc) is 3.32. The first kappa shape index (κ1) is 27.9. The second-order valence-corrected chi connectivity index (χ2v) is 12.3. The Kier molecular flexibility index (Phi) is 7.48. The first-order valence-corrected chi connectivity index (χ1v) is 14.6. The van der Waals surface area contributed by atoms with Crippen molar-refractivity contribution in [1.29, 1.82) is 0 Å². The molecule has 200 valence electrons. The molecule has 0 fully saturated rings. The number of sulfone groups is 1. The van der Waals surface area contributed by atoms with Crippen LogP contribution in [0.1, 0.15) is 11.1 Å². The van der Waals surface area contributed by atoms with E-state index in [1.54, 1.807) is 12.1 Å². The minimum absolute atomic E-state index is 0.0412. The average molecular weight is 587 g/mol. The van der Waals surface area contributed by atoms with Crippen LogP contribution in [0.5, 0.6) is 0 Å². The van der Waals surface area contributed by atoms with E-state index in [1.165, 1.54) is 53.6 Å². The van der Waals surface area contributed by atoms with Crippen LogP contribution in [0.4, 0.5) is 24.9 Å². The zero-order valence-electron chi connectivity index (χ0n) is 19.4. The Hall–Kier alpha value is -3.15. The third-order valence-electron chi connectivity index (χ3n) is 5.49. The molecule has 3 aromatic carbocycles. The monoisotopic (exact) mass is 586 g/mol. The Balaban J connectivity index is 1.69. The van der Waals surface area contributed by atoms with Crippen LogP contribution in [0.2, 0.25) is 5.02 Å². The summed E-state index contributed by atoms with van der Waals surface area (Å²) in [7, 11) is -9.22. The molecule has 0 atom stereocenters. The zero-order chi connectivity index (χ0) is 27.9. The van der Waals surface area contributed by atoms with Gasteiger partial charge in [-0.3, -0.25) is 9.46 Å². The molecule has 0 saturated heterocycles. The van der Waals surface area contributed by atoms with Crippen LogP contribution in [0.15, 0.2) is 82.2 Å². The van der Waals surface area contributed by atoms with E-state index < -0.39 is 39.5 Å². The summed E-state index contributed by atoms with van der Waals surface area (Å²) in [5.74, 6) is -0.207. The highest BCUT2D eigenvalue weighted by molar-refractivity contribution is 7.90. The van der Waals surface area contributed by atoms with Crippen molar-refractivity contribution in [1.82, 2.24) is 4.98 Å². The van der Waals surface area contributed by atoms with Gasteiger partial charge >= 0.3 is 19.3 Å². The van der Waals surface area contributed by atoms with Crippen LogP contribution in [-0.4, -0.2) is 29.4 Å². The van der Waals surface area contributed by atoms with E-state index in [4.69, 9.17) is 25.8 Å². The number of alkyl halides is 2. The Morgan fingerprint density at radius 1 is 1.05 bits per heavy atom. The molecule has 0 aliphatic heterocycles. The minimum Gasteiger partial charge on any atom is -0.423 e. The lowest BCUT2D eigenvalue weighted by molar-refractivity contribution is 0.0565. The van der Waals surface area contributed by atoms with Crippen molar-refractivity contribution < 1.29 is 40.4 Å². The van der Waals surface area contributed by atoms with E-state index in [9.17, 15) is 26.2 Å². The molecule has 1 heterocycles. The first-order valence-electron chi connectivity index (χ1n) is 10.7. The summed E-state index contributed by atoms with van der Waals surface area (Å²) in [6.45, 7) is -0.0555. The van der Waals surface area contributed by atoms with Crippen molar-refractivity contribution in [2.45, 2.75) is 17.1 Å². The second kappa shape index (κ2) is 10.2. The molecule has 8 nitrogen and oxygen atoms in total. The largest absolute Gasteiger partial charge is 0.423 e. The molecule has 4 aromatic rings. The number of aromatic nitrogens is 1. The van der Waals surface area contributed by atoms with Crippen LogP contribution in [0.25, 0.3) is 11.3 Å². The minimum atomic E-state index is -5.82. The predicted molar refractivity (Wildman–Crippen MR) is 135 cm³/mol. The summed E-state index contributed by atoms with van der Waals surface area (Å²) < 4.78 is 82.5. The van der Waals surface area contributed by atoms with Gasteiger partial charge in [-0.05, 0) is 60.2 Å². The standard InChI is InChI=1S/C24H19ClF3N2O6PS/c1-38(34,35)19-9-3-16(4-10-19)22-13-29-23(36-22)30(18-7-5-17(26)6-8-18)14-15-2-11-20(21(25)12-15)24(27,28)37(31,32)33/h2-13H,14H2,1H3,(H2,31,32,33). The number of halogens is 4. The molecule has 2 N–H and O–H groups in total. The van der Waals surface area contributed by atoms with E-state index >= 15 is 0 Å². The maximum atomic E-state index is 14.2. The quantitative estimate of drug-likeness (QED) is 0.238. The molecule has 0 aliphatic rings. The number of benzene rings is 3. The smallest absolute Gasteiger partial charge is 0.399 e. The first-order chi connectivity index (χ1) is 17.7. The summed E-state index contributed by atoms with van der Waals surface area (Å²) in [6, 6.07) is 14.4. The Morgan fingerprint density at radius 2 is 1.68 bits per heavy atom. The molecule has 0 saturated carbocycles. The van der Waals surface area contributed by atoms with E-state index in [1.807, 2.05) is 0 Å². The molecule has 0 unspecified atom stereocenters. The SMILES string of the molecule is CS(=O)(=O)c1ccc(-c2cnc(N(Cc3ccc(C(F)(F)P(=O)(O)O)c(Cl)c3)c3ccc(F)cc3)o2)cc1. The molecular formula is C24H19ClF3N2O6PS. The fourth-order valence-electron chi connectivity index (χ4n) is 3.52. The van der Waals surface area contributed by atoms with Crippen LogP contribution < -0.4 is 4.90 Å². The maximum absolute atomic E-state index is 14.2. The fraction of sp³-hybridized carbons (Fsp3) is 0.125. The van der Waals surface area contributed by atoms with Crippen molar-refractivity contribution >= 4 is 40.7 Å². The lowest BCUT2D eigenvalue weighted by atomic mass is 10.1. The normalized spacial score (nSPS) is 12.5. The van der Waals surface area contributed by atoms with Gasteiger partial charge in [0.15, 0.2) is 15.6 Å². The molecular weight excluding hydrogens is 568 g/mol. The van der Waals surface area contributed by atoms with Crippen LogP contribution in [0.3, 0.4) is 0 Å². The van der Waals surface area contributed by atoms with Crippen LogP contribution in [-0.2, 0) is 26.6 Å². The van der Waals surface area contributed by atoms with Gasteiger partial charge in [-0.1, -0.05) is 23.7 Å². The molecule has 0 bridgehead atoms. The molecule has 1 aromatic heterocycles. The van der Waals surface area contributed by atoms with Crippen molar-refractivity contribution in [3.05, 3.63) is 94.9 Å². The highest BCUT2D eigenvalue weighted by Gasteiger charge is 2.51. The molecule has 0 spiro atoms. The topological polar surface area (TPSA) is 121 Å². The van der Waals surface area contributed by atoms with E-state index in [0.29, 0.717) is 22.6 Å². The van der Waals surface area contributed by atoms with Gasteiger partial charge in [-0.2, -0.15) is 8.78 Å². The molecule has 0 aliphatic carbocycles. The maximum Gasteiger partial charge on any atom is 0.399 e. The van der Waals surface area contributed by atoms with Crippen molar-refractivity contribution in [2.75, 3.05) is 11.2 Å². The third kappa shape index (κ3) is 5.79. The van der Waals surface area contributed by atoms with Gasteiger partial charge in [0.05, 0.1) is 28.2 Å². The van der Waals surface area contributed by atoms with E-state index in [2.05, 4.69) is 4.98 Å². The van der Waals surface area contributed by atoms with Gasteiger partial charge in [0.25, 0.3) is 0 Å². The molecule has 4 rings (SSSR count). The Bertz CT molecular complexity index is 1620. The lowest BCUT2D eigenvalue weighted by Gasteiger charge is -2.23. The number of nitrogens with zero attached hydrogens (tertiary/aromatic N) is 2. The van der Waals surface area contributed by atoms with Crippen molar-refractivity contribution in [3.8, 4) is 11.3 Å². The predicted octanol–water partition coefficient (Wildman–Crippen LogP) is 6.10. The fourth-order valence-corrected chi connectivity index (χ4v) is 5.05. The number of rotatable bonds is 8. The van der Waals surface area contributed by atoms with Crippen LogP contribution >= 0.6 is 19.2 Å². The molecule has 0 radical (unpaired) electrons. The summed E-state index contributed by atoms with van der Waals surface area (Å²) in [4.78, 5) is 23.9. The van der Waals surface area contributed by atoms with Crippen LogP contribution in [0, 0.1) is 5.82 Å². The lowest BCUT2D eigenvalue weighted by Crippen LogP contribution is -2.18. The van der Waals surface area contributed by atoms with Gasteiger partial charge < -0.3 is 14.2 Å². The number of anilines is 2. The van der Waals surface area contributed by atoms with Gasteiger partial charge in [0.2, 0.25) is 0 Å². The van der Waals surface area contributed by atoms with E-state index in [-0.39, 0.29) is 17.5 Å². The summed E-state index contributed by atoms with van der Waals surface area (Å²) in [5.41, 5.74) is -4.21. The van der Waals surface area contributed by atoms with Gasteiger partial charge in [-0.25, -0.2) is 17.8 Å². The summed E-state index contributed by atoms with van der Waals surface area (Å²) >= 11 is 5.97. The van der Waals surface area contributed by atoms with Crippen molar-refractivity contribution in [3.63, 3.8) is 0 Å². The van der Waals surface area contributed by atoms with E-state index in [0.717, 1.165) is 18.4 Å². The van der Waals surface area contributed by atoms with Gasteiger partial charge in [-0.15, -0.1) is 0 Å². The third-order valence-corrected chi connectivity index (χ3v) is 7.91. The van der Waals surface area contributed by atoms with Crippen molar-refractivity contribution in [2.24, 2.45) is 0 Å². The summed E-state index contributed by atoms with van der Waals surface area (Å²) in [5, 5.41) is -0.561. The highest BCUT2D eigenvalue weighted by Crippen LogP contribution is 2.60.